The van der Waals surface area contributed by atoms with Gasteiger partial charge < -0.3 is 10.1 Å². The van der Waals surface area contributed by atoms with Crippen molar-refractivity contribution < 1.29 is 22.7 Å². The number of anilines is 2. The van der Waals surface area contributed by atoms with Crippen molar-refractivity contribution in [3.05, 3.63) is 66.4 Å². The Labute approximate surface area is 170 Å². The predicted octanol–water partition coefficient (Wildman–Crippen LogP) is 5.12. The van der Waals surface area contributed by atoms with Crippen LogP contribution in [0.2, 0.25) is 0 Å². The summed E-state index contributed by atoms with van der Waals surface area (Å²) in [4.78, 5) is 12.5. The number of alkyl halides is 3. The summed E-state index contributed by atoms with van der Waals surface area (Å²) in [6.07, 6.45) is -4.43. The molecule has 2 amide bonds. The fraction of sp³-hybridized carbons (Fsp3) is 0.238. The molecule has 0 radical (unpaired) electrons. The number of hydrogen-bond acceptors (Lipinski definition) is 3. The van der Waals surface area contributed by atoms with Gasteiger partial charge in [-0.15, -0.1) is 0 Å². The van der Waals surface area contributed by atoms with Gasteiger partial charge in [-0.05, 0) is 49.2 Å². The minimum Gasteiger partial charge on any atom is -0.497 e. The number of carbonyl (C=O) groups excluding carboxylic acids is 1. The summed E-state index contributed by atoms with van der Waals surface area (Å²) in [6.45, 7) is 0. The van der Waals surface area contributed by atoms with Gasteiger partial charge in [0.05, 0.1) is 18.5 Å². The average Bonchev–Trinajstić information content (AvgIpc) is 3.45. The molecule has 1 aliphatic rings. The number of amides is 2. The number of hydrogen-bond donors (Lipinski definition) is 2. The van der Waals surface area contributed by atoms with E-state index in [1.807, 2.05) is 0 Å². The summed E-state index contributed by atoms with van der Waals surface area (Å²) in [7, 11) is 1.53. The smallest absolute Gasteiger partial charge is 0.400 e. The van der Waals surface area contributed by atoms with Gasteiger partial charge in [-0.1, -0.05) is 18.2 Å². The maximum absolute atomic E-state index is 13.6. The fourth-order valence-electron chi connectivity index (χ4n) is 3.23. The molecule has 1 aliphatic carbocycles. The molecule has 0 unspecified atom stereocenters. The first kappa shape index (κ1) is 19.8. The molecule has 0 saturated heterocycles. The number of urea groups is 1. The number of aromatic nitrogens is 2. The second-order valence-electron chi connectivity index (χ2n) is 7.05. The first-order chi connectivity index (χ1) is 14.3. The van der Waals surface area contributed by atoms with Crippen molar-refractivity contribution in [2.24, 2.45) is 0 Å². The van der Waals surface area contributed by atoms with Crippen LogP contribution in [-0.4, -0.2) is 29.1 Å². The van der Waals surface area contributed by atoms with Crippen molar-refractivity contribution in [2.45, 2.75) is 24.4 Å². The normalized spacial score (nSPS) is 14.8. The minimum atomic E-state index is -4.40. The van der Waals surface area contributed by atoms with E-state index in [9.17, 15) is 18.0 Å². The molecular weight excluding hydrogens is 397 g/mol. The third-order valence-electron chi connectivity index (χ3n) is 5.08. The summed E-state index contributed by atoms with van der Waals surface area (Å²) in [6, 6.07) is 16.1. The lowest BCUT2D eigenvalue weighted by Gasteiger charge is -2.16. The van der Waals surface area contributed by atoms with E-state index < -0.39 is 17.6 Å². The van der Waals surface area contributed by atoms with E-state index in [2.05, 4.69) is 15.7 Å². The molecule has 4 rings (SSSR count). The third-order valence-corrected chi connectivity index (χ3v) is 5.08. The molecule has 3 aromatic rings. The van der Waals surface area contributed by atoms with Gasteiger partial charge in [0, 0.05) is 11.8 Å². The highest BCUT2D eigenvalue weighted by Crippen LogP contribution is 2.58. The number of para-hydroxylation sites is 1. The summed E-state index contributed by atoms with van der Waals surface area (Å²) in [5.41, 5.74) is -0.996. The Morgan fingerprint density at radius 2 is 1.73 bits per heavy atom. The number of benzene rings is 2. The Kier molecular flexibility index (Phi) is 4.89. The van der Waals surface area contributed by atoms with Crippen LogP contribution >= 0.6 is 0 Å². The first-order valence-electron chi connectivity index (χ1n) is 9.27. The zero-order valence-corrected chi connectivity index (χ0v) is 16.0. The highest BCUT2D eigenvalue weighted by atomic mass is 19.4. The molecule has 2 aromatic carbocycles. The zero-order valence-electron chi connectivity index (χ0n) is 16.0. The maximum Gasteiger partial charge on any atom is 0.400 e. The molecule has 1 saturated carbocycles. The van der Waals surface area contributed by atoms with E-state index in [-0.39, 0.29) is 24.4 Å². The van der Waals surface area contributed by atoms with Crippen LogP contribution < -0.4 is 15.4 Å². The monoisotopic (exact) mass is 416 g/mol. The number of methoxy groups -OCH3 is 1. The highest BCUT2D eigenvalue weighted by molar-refractivity contribution is 5.99. The largest absolute Gasteiger partial charge is 0.497 e. The zero-order chi connectivity index (χ0) is 21.4. The molecule has 1 heterocycles. The van der Waals surface area contributed by atoms with Gasteiger partial charge in [0.2, 0.25) is 0 Å². The molecule has 2 N–H and O–H groups in total. The van der Waals surface area contributed by atoms with Crippen LogP contribution in [0.1, 0.15) is 18.5 Å². The standard InChI is InChI=1S/C21H19F3N4O2/c1-30-16-9-7-14(8-10-16)25-19(29)26-18-13-17(20(11-12-20)21(22,23)24)27-28(18)15-5-3-2-4-6-15/h2-10,13H,11-12H2,1H3,(H2,25,26,29). The molecule has 9 heteroatoms. The predicted molar refractivity (Wildman–Crippen MR) is 106 cm³/mol. The molecule has 156 valence electrons. The van der Waals surface area contributed by atoms with Gasteiger partial charge in [0.15, 0.2) is 0 Å². The van der Waals surface area contributed by atoms with Gasteiger partial charge in [-0.25, -0.2) is 9.48 Å². The highest BCUT2D eigenvalue weighted by Gasteiger charge is 2.65. The molecule has 1 fully saturated rings. The molecule has 1 aromatic heterocycles. The second kappa shape index (κ2) is 7.40. The number of nitrogens with zero attached hydrogens (tertiary/aromatic N) is 2. The Hall–Kier alpha value is -3.49. The molecule has 30 heavy (non-hydrogen) atoms. The van der Waals surface area contributed by atoms with Crippen LogP contribution in [-0.2, 0) is 5.41 Å². The molecule has 0 aliphatic heterocycles. The minimum absolute atomic E-state index is 0.0141. The molecule has 0 atom stereocenters. The molecule has 6 nitrogen and oxygen atoms in total. The lowest BCUT2D eigenvalue weighted by Crippen LogP contribution is -2.29. The van der Waals surface area contributed by atoms with Gasteiger partial charge in [-0.2, -0.15) is 18.3 Å². The maximum atomic E-state index is 13.6. The van der Waals surface area contributed by atoms with Crippen molar-refractivity contribution in [2.75, 3.05) is 17.7 Å². The molecular formula is C21H19F3N4O2. The quantitative estimate of drug-likeness (QED) is 0.607. The topological polar surface area (TPSA) is 68.2 Å². The summed E-state index contributed by atoms with van der Waals surface area (Å²) < 4.78 is 47.1. The van der Waals surface area contributed by atoms with Crippen molar-refractivity contribution >= 4 is 17.5 Å². The summed E-state index contributed by atoms with van der Waals surface area (Å²) >= 11 is 0. The van der Waals surface area contributed by atoms with E-state index in [0.717, 1.165) is 0 Å². The van der Waals surface area contributed by atoms with E-state index in [0.29, 0.717) is 17.1 Å². The average molecular weight is 416 g/mol. The Bertz CT molecular complexity index is 1040. The summed E-state index contributed by atoms with van der Waals surface area (Å²) in [5, 5.41) is 9.46. The van der Waals surface area contributed by atoms with Crippen LogP contribution in [0.3, 0.4) is 0 Å². The van der Waals surface area contributed by atoms with Crippen molar-refractivity contribution in [3.63, 3.8) is 0 Å². The Morgan fingerprint density at radius 3 is 2.30 bits per heavy atom. The Morgan fingerprint density at radius 1 is 1.07 bits per heavy atom. The lowest BCUT2D eigenvalue weighted by molar-refractivity contribution is -0.161. The van der Waals surface area contributed by atoms with Crippen LogP contribution in [0.15, 0.2) is 60.7 Å². The van der Waals surface area contributed by atoms with Crippen LogP contribution in [0.5, 0.6) is 5.75 Å². The second-order valence-corrected chi connectivity index (χ2v) is 7.05. The van der Waals surface area contributed by atoms with Crippen molar-refractivity contribution in [1.29, 1.82) is 0 Å². The van der Waals surface area contributed by atoms with Gasteiger partial charge in [0.25, 0.3) is 0 Å². The number of ether oxygens (including phenoxy) is 1. The van der Waals surface area contributed by atoms with Gasteiger partial charge >= 0.3 is 12.2 Å². The SMILES string of the molecule is COc1ccc(NC(=O)Nc2cc(C3(C(F)(F)F)CC3)nn2-c2ccccc2)cc1. The fourth-order valence-corrected chi connectivity index (χ4v) is 3.23. The van der Waals surface area contributed by atoms with E-state index in [1.54, 1.807) is 54.6 Å². The van der Waals surface area contributed by atoms with Gasteiger partial charge in [-0.3, -0.25) is 5.32 Å². The van der Waals surface area contributed by atoms with E-state index >= 15 is 0 Å². The molecule has 0 bridgehead atoms. The summed E-state index contributed by atoms with van der Waals surface area (Å²) in [5.74, 6) is 0.785. The van der Waals surface area contributed by atoms with Crippen LogP contribution in [0, 0.1) is 0 Å². The number of nitrogens with one attached hydrogen (secondary N) is 2. The lowest BCUT2D eigenvalue weighted by atomic mass is 10.0. The van der Waals surface area contributed by atoms with Crippen LogP contribution in [0.4, 0.5) is 29.5 Å². The third kappa shape index (κ3) is 3.70. The first-order valence-corrected chi connectivity index (χ1v) is 9.27. The number of rotatable bonds is 5. The van der Waals surface area contributed by atoms with Crippen molar-refractivity contribution in [3.8, 4) is 11.4 Å². The Balaban J connectivity index is 1.62. The van der Waals surface area contributed by atoms with E-state index in [4.69, 9.17) is 4.74 Å². The van der Waals surface area contributed by atoms with E-state index in [1.165, 1.54) is 17.9 Å². The number of carbonyl (C=O) groups is 1. The van der Waals surface area contributed by atoms with Crippen molar-refractivity contribution in [1.82, 2.24) is 9.78 Å². The van der Waals surface area contributed by atoms with Gasteiger partial charge in [0.1, 0.15) is 17.0 Å². The van der Waals surface area contributed by atoms with Crippen LogP contribution in [0.25, 0.3) is 5.69 Å². The number of halogens is 3. The molecule has 0 spiro atoms.